The number of carbonyl (C=O) groups is 2. The van der Waals surface area contributed by atoms with Gasteiger partial charge in [0.15, 0.2) is 29.8 Å². The highest BCUT2D eigenvalue weighted by molar-refractivity contribution is 5.95. The van der Waals surface area contributed by atoms with E-state index in [2.05, 4.69) is 20.6 Å². The molecule has 4 heterocycles. The van der Waals surface area contributed by atoms with E-state index >= 15 is 0 Å². The molecule has 2 aromatic heterocycles. The molecule has 0 bridgehead atoms. The highest BCUT2D eigenvalue weighted by Crippen LogP contribution is 2.46. The number of amides is 2. The Hall–Kier alpha value is -4.26. The van der Waals surface area contributed by atoms with Crippen LogP contribution in [0.2, 0.25) is 0 Å². The summed E-state index contributed by atoms with van der Waals surface area (Å²) in [6.45, 7) is 0.618. The number of hydrogen-bond donors (Lipinski definition) is 2. The fraction of sp³-hybridized carbons (Fsp3) is 0.348. The third kappa shape index (κ3) is 3.68. The van der Waals surface area contributed by atoms with E-state index in [0.717, 1.165) is 0 Å². The Balaban J connectivity index is 1.08. The van der Waals surface area contributed by atoms with E-state index in [1.54, 1.807) is 19.2 Å². The van der Waals surface area contributed by atoms with Gasteiger partial charge in [-0.05, 0) is 18.2 Å². The summed E-state index contributed by atoms with van der Waals surface area (Å²) in [6.07, 6.45) is 1.41. The molecule has 2 amide bonds. The predicted octanol–water partition coefficient (Wildman–Crippen LogP) is 0.935. The van der Waals surface area contributed by atoms with Crippen molar-refractivity contribution in [2.75, 3.05) is 36.5 Å². The van der Waals surface area contributed by atoms with Crippen LogP contribution in [0.5, 0.6) is 11.6 Å². The van der Waals surface area contributed by atoms with Crippen molar-refractivity contribution < 1.29 is 28.2 Å². The van der Waals surface area contributed by atoms with Crippen LogP contribution in [0.3, 0.4) is 0 Å². The zero-order valence-electron chi connectivity index (χ0n) is 19.1. The van der Waals surface area contributed by atoms with Crippen LogP contribution in [0.1, 0.15) is 6.42 Å². The first kappa shape index (κ1) is 22.2. The van der Waals surface area contributed by atoms with Gasteiger partial charge < -0.3 is 29.4 Å². The number of carbonyl (C=O) groups excluding carboxylic acids is 2. The summed E-state index contributed by atoms with van der Waals surface area (Å²) in [4.78, 5) is 45.8. The second-order valence-electron chi connectivity index (χ2n) is 8.84. The number of halogens is 1. The van der Waals surface area contributed by atoms with Crippen LogP contribution in [0.25, 0.3) is 10.9 Å². The number of pyridine rings is 1. The largest absolute Gasteiger partial charge is 0.487 e. The second-order valence-corrected chi connectivity index (χ2v) is 8.84. The molecule has 12 nitrogen and oxygen atoms in total. The lowest BCUT2D eigenvalue weighted by atomic mass is 10.2. The van der Waals surface area contributed by atoms with Gasteiger partial charge >= 0.3 is 6.09 Å². The molecule has 1 aliphatic carbocycles. The lowest BCUT2D eigenvalue weighted by molar-refractivity contribution is -0.118. The van der Waals surface area contributed by atoms with Crippen LogP contribution in [-0.4, -0.2) is 64.5 Å². The van der Waals surface area contributed by atoms with Crippen LogP contribution < -0.4 is 30.6 Å². The van der Waals surface area contributed by atoms with E-state index in [4.69, 9.17) is 14.2 Å². The zero-order valence-corrected chi connectivity index (χ0v) is 19.1. The zero-order chi connectivity index (χ0) is 25.0. The number of hydrogen-bond acceptors (Lipinski definition) is 9. The van der Waals surface area contributed by atoms with E-state index in [1.165, 1.54) is 27.8 Å². The van der Waals surface area contributed by atoms with Crippen molar-refractivity contribution >= 4 is 34.5 Å². The van der Waals surface area contributed by atoms with Gasteiger partial charge in [0.2, 0.25) is 0 Å². The maximum atomic E-state index is 14.5. The first-order valence-electron chi connectivity index (χ1n) is 11.3. The normalized spacial score (nSPS) is 22.3. The first-order chi connectivity index (χ1) is 17.3. The Morgan fingerprint density at radius 2 is 2.11 bits per heavy atom. The van der Waals surface area contributed by atoms with Gasteiger partial charge in [0.1, 0.15) is 12.2 Å². The quantitative estimate of drug-likeness (QED) is 0.478. The summed E-state index contributed by atoms with van der Waals surface area (Å²) < 4.78 is 32.4. The minimum atomic E-state index is -0.719. The fourth-order valence-electron chi connectivity index (χ4n) is 4.54. The average molecular weight is 496 g/mol. The minimum absolute atomic E-state index is 0.0144. The maximum Gasteiger partial charge on any atom is 0.416 e. The number of nitrogens with zero attached hydrogens (tertiary/aromatic N) is 4. The van der Waals surface area contributed by atoms with Crippen LogP contribution in [-0.2, 0) is 16.6 Å². The van der Waals surface area contributed by atoms with Gasteiger partial charge in [-0.25, -0.2) is 19.2 Å². The lowest BCUT2D eigenvalue weighted by Gasteiger charge is -2.18. The number of benzene rings is 1. The van der Waals surface area contributed by atoms with Gasteiger partial charge in [0, 0.05) is 31.5 Å². The third-order valence-electron chi connectivity index (χ3n) is 6.49. The van der Waals surface area contributed by atoms with E-state index in [1.807, 2.05) is 0 Å². The summed E-state index contributed by atoms with van der Waals surface area (Å²) in [6, 6.07) is 5.83. The standard InChI is InChI=1S/C23H21FN6O6/c1-29-17(32)5-3-12-2-4-13(24)19(18(12)29)34-7-6-25-14-8-23(14)11-30(22(33)36-23)15-9-26-21-20(27-15)28-16(31)10-35-21/h2-5,9,14,25H,6-8,10-11H2,1H3,(H,27,28,31)/t14?,23-/m1/s1. The van der Waals surface area contributed by atoms with Crippen molar-refractivity contribution in [3.05, 3.63) is 46.6 Å². The smallest absolute Gasteiger partial charge is 0.416 e. The molecule has 3 aromatic rings. The van der Waals surface area contributed by atoms with Gasteiger partial charge in [-0.15, -0.1) is 0 Å². The molecule has 1 unspecified atom stereocenters. The number of fused-ring (bicyclic) bond motifs is 2. The molecule has 13 heteroatoms. The van der Waals surface area contributed by atoms with Gasteiger partial charge in [-0.1, -0.05) is 0 Å². The maximum absolute atomic E-state index is 14.5. The monoisotopic (exact) mass is 496 g/mol. The number of nitrogens with one attached hydrogen (secondary N) is 2. The summed E-state index contributed by atoms with van der Waals surface area (Å²) >= 11 is 0. The van der Waals surface area contributed by atoms with Crippen molar-refractivity contribution in [1.29, 1.82) is 0 Å². The average Bonchev–Trinajstić information content (AvgIpc) is 3.42. The molecule has 1 aromatic carbocycles. The first-order valence-corrected chi connectivity index (χ1v) is 11.3. The SMILES string of the molecule is Cn1c(=O)ccc2ccc(F)c(OCCNC3C[C@@]34CN(c3cnc5c(n3)NC(=O)CO5)C(=O)O4)c21. The Morgan fingerprint density at radius 3 is 2.97 bits per heavy atom. The Kier molecular flexibility index (Phi) is 5.03. The summed E-state index contributed by atoms with van der Waals surface area (Å²) in [7, 11) is 1.57. The second kappa shape index (κ2) is 8.16. The minimum Gasteiger partial charge on any atom is -0.487 e. The van der Waals surface area contributed by atoms with E-state index < -0.39 is 17.5 Å². The molecule has 1 saturated carbocycles. The Labute approximate surface area is 203 Å². The summed E-state index contributed by atoms with van der Waals surface area (Å²) in [5.74, 6) is -0.311. The van der Waals surface area contributed by atoms with Crippen molar-refractivity contribution in [3.8, 4) is 11.6 Å². The molecule has 1 spiro atoms. The number of anilines is 2. The highest BCUT2D eigenvalue weighted by atomic mass is 19.1. The molecular weight excluding hydrogens is 475 g/mol. The predicted molar refractivity (Wildman–Crippen MR) is 124 cm³/mol. The van der Waals surface area contributed by atoms with E-state index in [0.29, 0.717) is 23.9 Å². The lowest BCUT2D eigenvalue weighted by Crippen LogP contribution is -2.33. The Bertz CT molecular complexity index is 1480. The van der Waals surface area contributed by atoms with Crippen LogP contribution in [0, 0.1) is 5.82 Å². The molecule has 0 radical (unpaired) electrons. The number of rotatable bonds is 6. The summed E-state index contributed by atoms with van der Waals surface area (Å²) in [5, 5.41) is 6.53. The third-order valence-corrected chi connectivity index (χ3v) is 6.49. The van der Waals surface area contributed by atoms with Crippen LogP contribution >= 0.6 is 0 Å². The molecule has 2 N–H and O–H groups in total. The molecule has 2 fully saturated rings. The number of aryl methyl sites for hydroxylation is 1. The molecular formula is C23H21FN6O6. The van der Waals surface area contributed by atoms with Crippen molar-refractivity contribution in [3.63, 3.8) is 0 Å². The van der Waals surface area contributed by atoms with Crippen molar-refractivity contribution in [2.45, 2.75) is 18.1 Å². The molecule has 3 aliphatic rings. The van der Waals surface area contributed by atoms with Gasteiger partial charge in [-0.2, -0.15) is 0 Å². The molecule has 2 atom stereocenters. The molecule has 6 rings (SSSR count). The molecule has 2 aliphatic heterocycles. The number of ether oxygens (including phenoxy) is 3. The van der Waals surface area contributed by atoms with Crippen molar-refractivity contribution in [1.82, 2.24) is 19.9 Å². The van der Waals surface area contributed by atoms with Crippen LogP contribution in [0.4, 0.5) is 20.8 Å². The molecule has 36 heavy (non-hydrogen) atoms. The van der Waals surface area contributed by atoms with Gasteiger partial charge in [0.25, 0.3) is 17.3 Å². The van der Waals surface area contributed by atoms with Gasteiger partial charge in [-0.3, -0.25) is 14.5 Å². The Morgan fingerprint density at radius 1 is 1.28 bits per heavy atom. The van der Waals surface area contributed by atoms with E-state index in [9.17, 15) is 18.8 Å². The highest BCUT2D eigenvalue weighted by Gasteiger charge is 2.63. The van der Waals surface area contributed by atoms with Crippen LogP contribution in [0.15, 0.2) is 35.3 Å². The van der Waals surface area contributed by atoms with Gasteiger partial charge in [0.05, 0.1) is 24.3 Å². The number of aromatic nitrogens is 3. The van der Waals surface area contributed by atoms with Crippen molar-refractivity contribution in [2.24, 2.45) is 7.05 Å². The summed E-state index contributed by atoms with van der Waals surface area (Å²) in [5.41, 5.74) is -0.594. The topological polar surface area (TPSA) is 137 Å². The fourth-order valence-corrected chi connectivity index (χ4v) is 4.54. The molecule has 1 saturated heterocycles. The van der Waals surface area contributed by atoms with E-state index in [-0.39, 0.29) is 60.5 Å². The molecule has 186 valence electrons.